The maximum atomic E-state index is 11.3. The molecule has 5 N–H and O–H groups in total. The number of nitrogens with two attached hydrogens (primary N) is 2. The lowest BCUT2D eigenvalue weighted by atomic mass is 10.1. The van der Waals surface area contributed by atoms with Gasteiger partial charge in [0.1, 0.15) is 5.82 Å². The fraction of sp³-hybridized carbons (Fsp3) is 0.167. The van der Waals surface area contributed by atoms with E-state index in [9.17, 15) is 4.79 Å². The van der Waals surface area contributed by atoms with E-state index in [4.69, 9.17) is 11.5 Å². The monoisotopic (exact) mass is 340 g/mol. The van der Waals surface area contributed by atoms with Crippen molar-refractivity contribution >= 4 is 33.5 Å². The molecule has 0 radical (unpaired) electrons. The Morgan fingerprint density at radius 1 is 1.42 bits per heavy atom. The standard InChI is InChI=1S/C12H13BrN4OS/c1-6(14)7-2-3-9(8(13)4-7)19-12-16-10(15)5-11(18)17-12/h2-6H,14H2,1H3,(H3,15,16,17,18)/t6-/m1/s1. The Morgan fingerprint density at radius 3 is 2.74 bits per heavy atom. The second-order valence-electron chi connectivity index (χ2n) is 4.06. The minimum atomic E-state index is -0.265. The molecular formula is C12H13BrN4OS. The van der Waals surface area contributed by atoms with E-state index in [2.05, 4.69) is 25.9 Å². The summed E-state index contributed by atoms with van der Waals surface area (Å²) in [5.74, 6) is 0.203. The predicted molar refractivity (Wildman–Crippen MR) is 80.1 cm³/mol. The summed E-state index contributed by atoms with van der Waals surface area (Å²) in [5.41, 5.74) is 12.1. The van der Waals surface area contributed by atoms with Gasteiger partial charge in [0, 0.05) is 21.5 Å². The summed E-state index contributed by atoms with van der Waals surface area (Å²) in [7, 11) is 0. The fourth-order valence-corrected chi connectivity index (χ4v) is 2.93. The van der Waals surface area contributed by atoms with E-state index in [-0.39, 0.29) is 17.4 Å². The van der Waals surface area contributed by atoms with Crippen molar-refractivity contribution in [3.8, 4) is 0 Å². The molecule has 0 amide bonds. The zero-order valence-corrected chi connectivity index (χ0v) is 12.6. The van der Waals surface area contributed by atoms with Gasteiger partial charge in [0.25, 0.3) is 5.56 Å². The molecule has 0 aliphatic rings. The van der Waals surface area contributed by atoms with Gasteiger partial charge in [-0.15, -0.1) is 0 Å². The van der Waals surface area contributed by atoms with E-state index in [1.807, 2.05) is 25.1 Å². The predicted octanol–water partition coefficient (Wildman–Crippen LogP) is 2.29. The van der Waals surface area contributed by atoms with E-state index < -0.39 is 0 Å². The quantitative estimate of drug-likeness (QED) is 0.744. The van der Waals surface area contributed by atoms with Gasteiger partial charge < -0.3 is 16.5 Å². The molecule has 1 atom stereocenters. The van der Waals surface area contributed by atoms with Crippen LogP contribution in [0, 0.1) is 0 Å². The highest BCUT2D eigenvalue weighted by Gasteiger charge is 2.08. The molecule has 19 heavy (non-hydrogen) atoms. The fourth-order valence-electron chi connectivity index (χ4n) is 1.49. The van der Waals surface area contributed by atoms with Crippen LogP contribution in [-0.4, -0.2) is 9.97 Å². The van der Waals surface area contributed by atoms with Gasteiger partial charge in [-0.25, -0.2) is 4.98 Å². The number of nitrogens with zero attached hydrogens (tertiary/aromatic N) is 1. The van der Waals surface area contributed by atoms with Crippen molar-refractivity contribution in [1.82, 2.24) is 9.97 Å². The van der Waals surface area contributed by atoms with Gasteiger partial charge in [-0.1, -0.05) is 17.8 Å². The van der Waals surface area contributed by atoms with Crippen LogP contribution in [0.4, 0.5) is 5.82 Å². The Kier molecular flexibility index (Phi) is 4.28. The van der Waals surface area contributed by atoms with Crippen molar-refractivity contribution in [2.45, 2.75) is 23.0 Å². The first-order valence-corrected chi connectivity index (χ1v) is 7.16. The Morgan fingerprint density at radius 2 is 2.16 bits per heavy atom. The molecule has 0 aliphatic heterocycles. The van der Waals surface area contributed by atoms with Gasteiger partial charge in [-0.3, -0.25) is 4.79 Å². The van der Waals surface area contributed by atoms with E-state index in [0.29, 0.717) is 5.16 Å². The van der Waals surface area contributed by atoms with E-state index in [0.717, 1.165) is 14.9 Å². The van der Waals surface area contributed by atoms with Crippen LogP contribution in [0.15, 0.2) is 43.6 Å². The molecule has 0 unspecified atom stereocenters. The lowest BCUT2D eigenvalue weighted by Gasteiger charge is -2.09. The second kappa shape index (κ2) is 5.77. The van der Waals surface area contributed by atoms with Crippen molar-refractivity contribution < 1.29 is 0 Å². The highest BCUT2D eigenvalue weighted by atomic mass is 79.9. The number of aromatic amines is 1. The normalized spacial score (nSPS) is 12.4. The summed E-state index contributed by atoms with van der Waals surface area (Å²) in [6.45, 7) is 1.92. The lowest BCUT2D eigenvalue weighted by Crippen LogP contribution is -2.09. The molecule has 2 aromatic rings. The van der Waals surface area contributed by atoms with Crippen LogP contribution in [0.3, 0.4) is 0 Å². The molecule has 0 fully saturated rings. The third-order valence-electron chi connectivity index (χ3n) is 2.43. The van der Waals surface area contributed by atoms with Crippen molar-refractivity contribution in [3.63, 3.8) is 0 Å². The first kappa shape index (κ1) is 14.1. The minimum Gasteiger partial charge on any atom is -0.383 e. The zero-order chi connectivity index (χ0) is 14.0. The number of benzene rings is 1. The number of hydrogen-bond acceptors (Lipinski definition) is 5. The molecule has 0 aliphatic carbocycles. The van der Waals surface area contributed by atoms with Gasteiger partial charge >= 0.3 is 0 Å². The number of nitrogens with one attached hydrogen (secondary N) is 1. The maximum absolute atomic E-state index is 11.3. The van der Waals surface area contributed by atoms with Crippen LogP contribution in [-0.2, 0) is 0 Å². The van der Waals surface area contributed by atoms with E-state index in [1.165, 1.54) is 17.8 Å². The van der Waals surface area contributed by atoms with Crippen molar-refractivity contribution in [2.75, 3.05) is 5.73 Å². The van der Waals surface area contributed by atoms with Gasteiger partial charge in [0.05, 0.1) is 0 Å². The topological polar surface area (TPSA) is 97.8 Å². The zero-order valence-electron chi connectivity index (χ0n) is 10.2. The summed E-state index contributed by atoms with van der Waals surface area (Å²) < 4.78 is 0.900. The summed E-state index contributed by atoms with van der Waals surface area (Å²) in [4.78, 5) is 18.9. The Bertz CT molecular complexity index is 656. The number of halogens is 1. The average molecular weight is 341 g/mol. The Labute approximate surface area is 122 Å². The number of hydrogen-bond donors (Lipinski definition) is 3. The van der Waals surface area contributed by atoms with Crippen molar-refractivity contribution in [3.05, 3.63) is 44.7 Å². The summed E-state index contributed by atoms with van der Waals surface area (Å²) in [6.07, 6.45) is 0. The van der Waals surface area contributed by atoms with Crippen molar-refractivity contribution in [2.24, 2.45) is 5.73 Å². The van der Waals surface area contributed by atoms with E-state index >= 15 is 0 Å². The highest BCUT2D eigenvalue weighted by molar-refractivity contribution is 9.10. The van der Waals surface area contributed by atoms with Gasteiger partial charge in [0.15, 0.2) is 5.16 Å². The molecule has 7 heteroatoms. The molecule has 0 bridgehead atoms. The molecule has 1 aromatic heterocycles. The number of rotatable bonds is 3. The number of nitrogen functional groups attached to an aromatic ring is 1. The van der Waals surface area contributed by atoms with Crippen LogP contribution in [0.25, 0.3) is 0 Å². The Balaban J connectivity index is 2.30. The number of anilines is 1. The van der Waals surface area contributed by atoms with Crippen LogP contribution in [0.2, 0.25) is 0 Å². The molecule has 0 saturated carbocycles. The lowest BCUT2D eigenvalue weighted by molar-refractivity contribution is 0.815. The largest absolute Gasteiger partial charge is 0.383 e. The molecule has 2 rings (SSSR count). The van der Waals surface area contributed by atoms with Gasteiger partial charge in [0.2, 0.25) is 0 Å². The van der Waals surface area contributed by atoms with Crippen molar-refractivity contribution in [1.29, 1.82) is 0 Å². The first-order valence-electron chi connectivity index (χ1n) is 5.55. The van der Waals surface area contributed by atoms with Crippen LogP contribution < -0.4 is 17.0 Å². The molecule has 100 valence electrons. The van der Waals surface area contributed by atoms with Crippen LogP contribution in [0.5, 0.6) is 0 Å². The molecule has 1 heterocycles. The third kappa shape index (κ3) is 3.59. The molecule has 1 aromatic carbocycles. The summed E-state index contributed by atoms with van der Waals surface area (Å²) in [5, 5.41) is 0.458. The molecule has 0 saturated heterocycles. The van der Waals surface area contributed by atoms with Gasteiger partial charge in [-0.05, 0) is 40.5 Å². The smallest absolute Gasteiger partial charge is 0.253 e. The minimum absolute atomic E-state index is 0.0272. The third-order valence-corrected chi connectivity index (χ3v) is 4.31. The summed E-state index contributed by atoms with van der Waals surface area (Å²) in [6, 6.07) is 7.05. The van der Waals surface area contributed by atoms with E-state index in [1.54, 1.807) is 0 Å². The summed E-state index contributed by atoms with van der Waals surface area (Å²) >= 11 is 4.81. The second-order valence-corrected chi connectivity index (χ2v) is 5.94. The first-order chi connectivity index (χ1) is 8.95. The van der Waals surface area contributed by atoms with Crippen LogP contribution in [0.1, 0.15) is 18.5 Å². The number of H-pyrrole nitrogens is 1. The number of aromatic nitrogens is 2. The average Bonchev–Trinajstić information content (AvgIpc) is 2.30. The highest BCUT2D eigenvalue weighted by Crippen LogP contribution is 2.32. The molecule has 0 spiro atoms. The maximum Gasteiger partial charge on any atom is 0.253 e. The molecule has 5 nitrogen and oxygen atoms in total. The molecular weight excluding hydrogens is 328 g/mol. The SMILES string of the molecule is C[C@@H](N)c1ccc(Sc2nc(N)cc(=O)[nH]2)c(Br)c1. The van der Waals surface area contributed by atoms with Gasteiger partial charge in [-0.2, -0.15) is 0 Å². The Hall–Kier alpha value is -1.31. The van der Waals surface area contributed by atoms with Crippen LogP contribution >= 0.6 is 27.7 Å².